The third-order valence-electron chi connectivity index (χ3n) is 5.28. The van der Waals surface area contributed by atoms with Gasteiger partial charge in [0.1, 0.15) is 0 Å². The Morgan fingerprint density at radius 3 is 2.74 bits per heavy atom. The maximum atomic E-state index is 12.9. The van der Waals surface area contributed by atoms with Crippen LogP contribution < -0.4 is 5.32 Å². The van der Waals surface area contributed by atoms with Crippen LogP contribution in [0, 0.1) is 5.92 Å². The molecule has 2 saturated heterocycles. The van der Waals surface area contributed by atoms with E-state index in [1.165, 1.54) is 16.4 Å². The molecule has 2 fully saturated rings. The van der Waals surface area contributed by atoms with E-state index in [2.05, 4.69) is 5.32 Å². The minimum atomic E-state index is -3.67. The number of hydrogen-bond donors (Lipinski definition) is 2. The summed E-state index contributed by atoms with van der Waals surface area (Å²) in [4.78, 5) is 12.6. The normalized spacial score (nSPS) is 22.9. The molecule has 3 rings (SSSR count). The first-order chi connectivity index (χ1) is 13.0. The Hall–Kier alpha value is -1.48. The molecule has 0 aromatic heterocycles. The Kier molecular flexibility index (Phi) is 6.86. The van der Waals surface area contributed by atoms with Crippen molar-refractivity contribution in [1.29, 1.82) is 0 Å². The number of rotatable bonds is 5. The van der Waals surface area contributed by atoms with Gasteiger partial charge in [0.05, 0.1) is 11.0 Å². The second-order valence-electron chi connectivity index (χ2n) is 7.28. The van der Waals surface area contributed by atoms with E-state index in [9.17, 15) is 18.3 Å². The lowest BCUT2D eigenvalue weighted by Crippen LogP contribution is -2.33. The number of aliphatic hydroxyl groups excluding tert-OH is 1. The molecular formula is C19H28N2O5S. The Bertz CT molecular complexity index is 746. The molecule has 2 aliphatic heterocycles. The summed E-state index contributed by atoms with van der Waals surface area (Å²) in [6.07, 6.45) is 3.08. The van der Waals surface area contributed by atoms with Crippen LogP contribution in [0.2, 0.25) is 0 Å². The molecule has 1 aromatic carbocycles. The van der Waals surface area contributed by atoms with Crippen LogP contribution in [0.5, 0.6) is 0 Å². The van der Waals surface area contributed by atoms with Crippen molar-refractivity contribution >= 4 is 15.9 Å². The van der Waals surface area contributed by atoms with Crippen LogP contribution >= 0.6 is 0 Å². The molecule has 2 aliphatic rings. The van der Waals surface area contributed by atoms with Gasteiger partial charge in [-0.2, -0.15) is 4.31 Å². The monoisotopic (exact) mass is 396 g/mol. The van der Waals surface area contributed by atoms with Gasteiger partial charge < -0.3 is 15.2 Å². The van der Waals surface area contributed by atoms with Gasteiger partial charge in [-0.15, -0.1) is 0 Å². The van der Waals surface area contributed by atoms with E-state index in [0.717, 1.165) is 26.1 Å². The van der Waals surface area contributed by atoms with Gasteiger partial charge in [-0.05, 0) is 56.2 Å². The maximum Gasteiger partial charge on any atom is 0.251 e. The molecular weight excluding hydrogens is 368 g/mol. The number of nitrogens with one attached hydrogen (secondary N) is 1. The standard InChI is InChI=1S/C19H28N2O5S/c22-17-4-2-9-21(10-6-17)27(24,25)18-5-1-3-16(13-18)19(23)20-14-15-7-11-26-12-8-15/h1,3,5,13,15,17,22H,2,4,6-12,14H2,(H,20,23). The van der Waals surface area contributed by atoms with Crippen LogP contribution in [0.25, 0.3) is 0 Å². The number of carbonyl (C=O) groups is 1. The number of amides is 1. The first-order valence-corrected chi connectivity index (χ1v) is 11.0. The summed E-state index contributed by atoms with van der Waals surface area (Å²) in [6, 6.07) is 6.19. The molecule has 0 bridgehead atoms. The molecule has 150 valence electrons. The highest BCUT2D eigenvalue weighted by Gasteiger charge is 2.27. The number of sulfonamides is 1. The minimum Gasteiger partial charge on any atom is -0.393 e. The lowest BCUT2D eigenvalue weighted by atomic mass is 10.0. The van der Waals surface area contributed by atoms with E-state index in [4.69, 9.17) is 4.74 Å². The molecule has 27 heavy (non-hydrogen) atoms. The third-order valence-corrected chi connectivity index (χ3v) is 7.18. The van der Waals surface area contributed by atoms with Crippen molar-refractivity contribution in [1.82, 2.24) is 9.62 Å². The van der Waals surface area contributed by atoms with E-state index >= 15 is 0 Å². The van der Waals surface area contributed by atoms with E-state index in [0.29, 0.717) is 50.4 Å². The van der Waals surface area contributed by atoms with Crippen LogP contribution in [0.3, 0.4) is 0 Å². The largest absolute Gasteiger partial charge is 0.393 e. The summed E-state index contributed by atoms with van der Waals surface area (Å²) in [5.74, 6) is 0.142. The van der Waals surface area contributed by atoms with Crippen molar-refractivity contribution in [2.24, 2.45) is 5.92 Å². The van der Waals surface area contributed by atoms with Crippen molar-refractivity contribution in [3.8, 4) is 0 Å². The Morgan fingerprint density at radius 2 is 1.96 bits per heavy atom. The molecule has 1 aromatic rings. The molecule has 1 amide bonds. The van der Waals surface area contributed by atoms with E-state index in [1.54, 1.807) is 12.1 Å². The van der Waals surface area contributed by atoms with Crippen molar-refractivity contribution in [2.45, 2.75) is 43.1 Å². The van der Waals surface area contributed by atoms with Gasteiger partial charge in [0.25, 0.3) is 5.91 Å². The van der Waals surface area contributed by atoms with E-state index in [1.807, 2.05) is 0 Å². The van der Waals surface area contributed by atoms with Crippen LogP contribution in [0.15, 0.2) is 29.2 Å². The Balaban J connectivity index is 1.67. The second kappa shape index (κ2) is 9.14. The lowest BCUT2D eigenvalue weighted by Gasteiger charge is -2.22. The summed E-state index contributed by atoms with van der Waals surface area (Å²) in [7, 11) is -3.67. The van der Waals surface area contributed by atoms with Crippen molar-refractivity contribution in [3.05, 3.63) is 29.8 Å². The van der Waals surface area contributed by atoms with E-state index in [-0.39, 0.29) is 10.8 Å². The predicted molar refractivity (Wildman–Crippen MR) is 101 cm³/mol. The molecule has 7 nitrogen and oxygen atoms in total. The number of ether oxygens (including phenoxy) is 1. The summed E-state index contributed by atoms with van der Waals surface area (Å²) in [5.41, 5.74) is 0.345. The summed E-state index contributed by atoms with van der Waals surface area (Å²) in [5, 5.41) is 12.7. The van der Waals surface area contributed by atoms with Crippen LogP contribution in [0.4, 0.5) is 0 Å². The molecule has 1 unspecified atom stereocenters. The van der Waals surface area contributed by atoms with Crippen molar-refractivity contribution < 1.29 is 23.1 Å². The SMILES string of the molecule is O=C(NCC1CCOCC1)c1cccc(S(=O)(=O)N2CCCC(O)CC2)c1. The molecule has 0 spiro atoms. The summed E-state index contributed by atoms with van der Waals surface area (Å²) < 4.78 is 32.6. The fourth-order valence-corrected chi connectivity index (χ4v) is 5.07. The van der Waals surface area contributed by atoms with E-state index < -0.39 is 16.1 Å². The molecule has 2 heterocycles. The van der Waals surface area contributed by atoms with Gasteiger partial charge in [-0.3, -0.25) is 4.79 Å². The van der Waals surface area contributed by atoms with Crippen LogP contribution in [-0.2, 0) is 14.8 Å². The molecule has 0 saturated carbocycles. The number of aliphatic hydroxyl groups is 1. The highest BCUT2D eigenvalue weighted by molar-refractivity contribution is 7.89. The zero-order valence-electron chi connectivity index (χ0n) is 15.5. The quantitative estimate of drug-likeness (QED) is 0.784. The Labute approximate surface area is 160 Å². The van der Waals surface area contributed by atoms with Crippen LogP contribution in [0.1, 0.15) is 42.5 Å². The number of hydrogen-bond acceptors (Lipinski definition) is 5. The van der Waals surface area contributed by atoms with Gasteiger partial charge >= 0.3 is 0 Å². The third kappa shape index (κ3) is 5.28. The van der Waals surface area contributed by atoms with Gasteiger partial charge in [-0.25, -0.2) is 8.42 Å². The van der Waals surface area contributed by atoms with Gasteiger partial charge in [0, 0.05) is 38.4 Å². The number of benzene rings is 1. The summed E-state index contributed by atoms with van der Waals surface area (Å²) in [6.45, 7) is 2.70. The molecule has 8 heteroatoms. The lowest BCUT2D eigenvalue weighted by molar-refractivity contribution is 0.0642. The van der Waals surface area contributed by atoms with Crippen molar-refractivity contribution in [2.75, 3.05) is 32.8 Å². The zero-order valence-corrected chi connectivity index (χ0v) is 16.3. The molecule has 2 N–H and O–H groups in total. The molecule has 0 aliphatic carbocycles. The fourth-order valence-electron chi connectivity index (χ4n) is 3.53. The smallest absolute Gasteiger partial charge is 0.251 e. The maximum absolute atomic E-state index is 12.9. The first kappa shape index (κ1) is 20.3. The first-order valence-electron chi connectivity index (χ1n) is 9.61. The minimum absolute atomic E-state index is 0.123. The highest BCUT2D eigenvalue weighted by atomic mass is 32.2. The van der Waals surface area contributed by atoms with Crippen molar-refractivity contribution in [3.63, 3.8) is 0 Å². The second-order valence-corrected chi connectivity index (χ2v) is 9.22. The van der Waals surface area contributed by atoms with Gasteiger partial charge in [0.2, 0.25) is 10.0 Å². The van der Waals surface area contributed by atoms with Crippen LogP contribution in [-0.4, -0.2) is 62.7 Å². The number of carbonyl (C=O) groups excluding carboxylic acids is 1. The Morgan fingerprint density at radius 1 is 1.19 bits per heavy atom. The molecule has 1 atom stereocenters. The predicted octanol–water partition coefficient (Wildman–Crippen LogP) is 1.38. The highest BCUT2D eigenvalue weighted by Crippen LogP contribution is 2.21. The number of nitrogens with zero attached hydrogens (tertiary/aromatic N) is 1. The average molecular weight is 397 g/mol. The summed E-state index contributed by atoms with van der Waals surface area (Å²) >= 11 is 0. The van der Waals surface area contributed by atoms with Gasteiger partial charge in [0.15, 0.2) is 0 Å². The zero-order chi connectivity index (χ0) is 19.3. The fraction of sp³-hybridized carbons (Fsp3) is 0.632. The topological polar surface area (TPSA) is 95.9 Å². The molecule has 0 radical (unpaired) electrons. The van der Waals surface area contributed by atoms with Gasteiger partial charge in [-0.1, -0.05) is 6.07 Å². The average Bonchev–Trinajstić information content (AvgIpc) is 2.92.